The minimum absolute atomic E-state index is 0.0884. The van der Waals surface area contributed by atoms with Crippen molar-refractivity contribution in [1.29, 1.82) is 0 Å². The van der Waals surface area contributed by atoms with Crippen LogP contribution in [0.15, 0.2) is 53.4 Å². The number of para-hydroxylation sites is 2. The van der Waals surface area contributed by atoms with Gasteiger partial charge in [0.25, 0.3) is 15.9 Å². The van der Waals surface area contributed by atoms with Gasteiger partial charge in [0.2, 0.25) is 5.82 Å². The van der Waals surface area contributed by atoms with Gasteiger partial charge in [-0.2, -0.15) is 0 Å². The second-order valence-corrected chi connectivity index (χ2v) is 7.81. The number of anilines is 1. The topological polar surface area (TPSA) is 81.2 Å². The largest absolute Gasteiger partial charge is 0.472 e. The third-order valence-corrected chi connectivity index (χ3v) is 5.29. The van der Waals surface area contributed by atoms with Crippen molar-refractivity contribution in [2.75, 3.05) is 4.72 Å². The zero-order chi connectivity index (χ0) is 18.7. The van der Waals surface area contributed by atoms with Crippen molar-refractivity contribution in [1.82, 2.24) is 9.97 Å². The van der Waals surface area contributed by atoms with Crippen LogP contribution in [-0.2, 0) is 10.0 Å². The minimum Gasteiger partial charge on any atom is -0.472 e. The van der Waals surface area contributed by atoms with Crippen molar-refractivity contribution in [2.45, 2.75) is 38.2 Å². The number of aryl methyl sites for hydroxylation is 1. The lowest BCUT2D eigenvalue weighted by Gasteiger charge is -2.16. The summed E-state index contributed by atoms with van der Waals surface area (Å²) in [5.41, 5.74) is 2.09. The van der Waals surface area contributed by atoms with Crippen LogP contribution in [0.1, 0.15) is 25.8 Å². The van der Waals surface area contributed by atoms with Crippen LogP contribution in [0.5, 0.6) is 5.88 Å². The normalized spacial score (nSPS) is 12.7. The zero-order valence-electron chi connectivity index (χ0n) is 14.9. The van der Waals surface area contributed by atoms with E-state index in [0.29, 0.717) is 11.0 Å². The molecule has 136 valence electrons. The van der Waals surface area contributed by atoms with Crippen LogP contribution in [0, 0.1) is 6.92 Å². The van der Waals surface area contributed by atoms with E-state index >= 15 is 0 Å². The molecule has 0 fully saturated rings. The van der Waals surface area contributed by atoms with E-state index in [1.54, 1.807) is 24.3 Å². The van der Waals surface area contributed by atoms with E-state index in [1.807, 2.05) is 45.0 Å². The van der Waals surface area contributed by atoms with E-state index in [9.17, 15) is 8.42 Å². The Bertz CT molecular complexity index is 1040. The van der Waals surface area contributed by atoms with Crippen molar-refractivity contribution < 1.29 is 13.2 Å². The van der Waals surface area contributed by atoms with Crippen LogP contribution in [0.4, 0.5) is 5.82 Å². The summed E-state index contributed by atoms with van der Waals surface area (Å²) in [5.74, 6) is 0.264. The summed E-state index contributed by atoms with van der Waals surface area (Å²) in [5, 5.41) is 0. The number of hydrogen-bond acceptors (Lipinski definition) is 5. The monoisotopic (exact) mass is 371 g/mol. The molecule has 0 amide bonds. The SMILES string of the molecule is CCC(C)Oc1nc2ccccc2nc1NS(=O)(=O)c1cccc(C)c1. The van der Waals surface area contributed by atoms with Gasteiger partial charge in [-0.15, -0.1) is 0 Å². The summed E-state index contributed by atoms with van der Waals surface area (Å²) in [6.07, 6.45) is 0.645. The summed E-state index contributed by atoms with van der Waals surface area (Å²) in [4.78, 5) is 9.03. The summed E-state index contributed by atoms with van der Waals surface area (Å²) in [6.45, 7) is 5.72. The number of nitrogens with one attached hydrogen (secondary N) is 1. The van der Waals surface area contributed by atoms with Gasteiger partial charge in [0.15, 0.2) is 0 Å². The molecule has 2 aromatic carbocycles. The zero-order valence-corrected chi connectivity index (χ0v) is 15.7. The number of hydrogen-bond donors (Lipinski definition) is 1. The van der Waals surface area contributed by atoms with Gasteiger partial charge in [-0.3, -0.25) is 4.72 Å². The number of fused-ring (bicyclic) bond motifs is 1. The Labute approximate surface area is 153 Å². The molecule has 1 N–H and O–H groups in total. The predicted octanol–water partition coefficient (Wildman–Crippen LogP) is 3.92. The molecule has 0 aliphatic rings. The fourth-order valence-electron chi connectivity index (χ4n) is 2.38. The summed E-state index contributed by atoms with van der Waals surface area (Å²) < 4.78 is 33.9. The average Bonchev–Trinajstić information content (AvgIpc) is 2.61. The Morgan fingerprint density at radius 2 is 1.77 bits per heavy atom. The van der Waals surface area contributed by atoms with Crippen molar-refractivity contribution in [3.63, 3.8) is 0 Å². The van der Waals surface area contributed by atoms with Gasteiger partial charge in [-0.25, -0.2) is 18.4 Å². The Balaban J connectivity index is 2.06. The molecular weight excluding hydrogens is 350 g/mol. The number of aromatic nitrogens is 2. The Morgan fingerprint density at radius 1 is 1.08 bits per heavy atom. The van der Waals surface area contributed by atoms with Crippen LogP contribution in [-0.4, -0.2) is 24.5 Å². The summed E-state index contributed by atoms with van der Waals surface area (Å²) in [6, 6.07) is 13.9. The maximum absolute atomic E-state index is 12.8. The number of nitrogens with zero attached hydrogens (tertiary/aromatic N) is 2. The molecule has 0 bridgehead atoms. The van der Waals surface area contributed by atoms with Crippen molar-refractivity contribution in [3.05, 3.63) is 54.1 Å². The first-order valence-electron chi connectivity index (χ1n) is 8.42. The first kappa shape index (κ1) is 18.1. The van der Waals surface area contributed by atoms with Gasteiger partial charge in [-0.05, 0) is 50.1 Å². The van der Waals surface area contributed by atoms with E-state index in [4.69, 9.17) is 4.74 Å². The van der Waals surface area contributed by atoms with Crippen LogP contribution < -0.4 is 9.46 Å². The highest BCUT2D eigenvalue weighted by Gasteiger charge is 2.20. The Kier molecular flexibility index (Phi) is 5.08. The third kappa shape index (κ3) is 3.94. The van der Waals surface area contributed by atoms with Crippen LogP contribution in [0.3, 0.4) is 0 Å². The van der Waals surface area contributed by atoms with Gasteiger partial charge < -0.3 is 4.74 Å². The molecule has 1 unspecified atom stereocenters. The van der Waals surface area contributed by atoms with Crippen LogP contribution >= 0.6 is 0 Å². The molecule has 1 heterocycles. The van der Waals surface area contributed by atoms with Crippen LogP contribution in [0.25, 0.3) is 11.0 Å². The van der Waals surface area contributed by atoms with E-state index in [2.05, 4.69) is 14.7 Å². The molecular formula is C19H21N3O3S. The van der Waals surface area contributed by atoms with E-state index < -0.39 is 10.0 Å². The molecule has 1 aromatic heterocycles. The molecule has 6 nitrogen and oxygen atoms in total. The van der Waals surface area contributed by atoms with Gasteiger partial charge in [0, 0.05) is 0 Å². The maximum atomic E-state index is 12.8. The highest BCUT2D eigenvalue weighted by atomic mass is 32.2. The standard InChI is InChI=1S/C19H21N3O3S/c1-4-14(3)25-19-18(20-16-10-5-6-11-17(16)21-19)22-26(23,24)15-9-7-8-13(2)12-15/h5-12,14H,4H2,1-3H3,(H,20,22). The quantitative estimate of drug-likeness (QED) is 0.710. The van der Waals surface area contributed by atoms with Crippen molar-refractivity contribution in [2.24, 2.45) is 0 Å². The number of ether oxygens (including phenoxy) is 1. The molecule has 3 rings (SSSR count). The molecule has 0 aliphatic carbocycles. The number of benzene rings is 2. The highest BCUT2D eigenvalue weighted by Crippen LogP contribution is 2.27. The molecule has 3 aromatic rings. The first-order valence-corrected chi connectivity index (χ1v) is 9.90. The van der Waals surface area contributed by atoms with Gasteiger partial charge >= 0.3 is 0 Å². The van der Waals surface area contributed by atoms with Crippen LogP contribution in [0.2, 0.25) is 0 Å². The molecule has 0 radical (unpaired) electrons. The van der Waals surface area contributed by atoms with Crippen molar-refractivity contribution in [3.8, 4) is 5.88 Å². The maximum Gasteiger partial charge on any atom is 0.263 e. The lowest BCUT2D eigenvalue weighted by molar-refractivity contribution is 0.210. The van der Waals surface area contributed by atoms with E-state index in [1.165, 1.54) is 0 Å². The fraction of sp³-hybridized carbons (Fsp3) is 0.263. The van der Waals surface area contributed by atoms with E-state index in [0.717, 1.165) is 12.0 Å². The predicted molar refractivity (Wildman–Crippen MR) is 102 cm³/mol. The molecule has 0 saturated carbocycles. The second kappa shape index (κ2) is 7.29. The van der Waals surface area contributed by atoms with Gasteiger partial charge in [0.05, 0.1) is 22.0 Å². The Morgan fingerprint density at radius 3 is 2.42 bits per heavy atom. The fourth-order valence-corrected chi connectivity index (χ4v) is 3.48. The average molecular weight is 371 g/mol. The minimum atomic E-state index is -3.80. The number of rotatable bonds is 6. The third-order valence-electron chi connectivity index (χ3n) is 3.96. The van der Waals surface area contributed by atoms with Gasteiger partial charge in [-0.1, -0.05) is 31.2 Å². The molecule has 0 spiro atoms. The highest BCUT2D eigenvalue weighted by molar-refractivity contribution is 7.92. The molecule has 0 aliphatic heterocycles. The smallest absolute Gasteiger partial charge is 0.263 e. The van der Waals surface area contributed by atoms with E-state index in [-0.39, 0.29) is 22.7 Å². The Hall–Kier alpha value is -2.67. The second-order valence-electron chi connectivity index (χ2n) is 6.12. The molecule has 1 atom stereocenters. The summed E-state index contributed by atoms with van der Waals surface area (Å²) in [7, 11) is -3.80. The first-order chi connectivity index (χ1) is 12.4. The molecule has 26 heavy (non-hydrogen) atoms. The summed E-state index contributed by atoms with van der Waals surface area (Å²) >= 11 is 0. The lowest BCUT2D eigenvalue weighted by Crippen LogP contribution is -2.18. The molecule has 7 heteroatoms. The van der Waals surface area contributed by atoms with Gasteiger partial charge in [0.1, 0.15) is 0 Å². The lowest BCUT2D eigenvalue weighted by atomic mass is 10.2. The number of sulfonamides is 1. The molecule has 0 saturated heterocycles. The van der Waals surface area contributed by atoms with Crippen molar-refractivity contribution >= 4 is 26.9 Å².